The van der Waals surface area contributed by atoms with Crippen molar-refractivity contribution >= 4 is 18.0 Å². The molecule has 1 rings (SSSR count). The summed E-state index contributed by atoms with van der Waals surface area (Å²) in [4.78, 5) is 21.9. The van der Waals surface area contributed by atoms with E-state index in [1.165, 1.54) is 6.08 Å². The van der Waals surface area contributed by atoms with Crippen molar-refractivity contribution in [2.24, 2.45) is 0 Å². The van der Waals surface area contributed by atoms with Crippen molar-refractivity contribution in [2.45, 2.75) is 19.9 Å². The fourth-order valence-electron chi connectivity index (χ4n) is 1.42. The van der Waals surface area contributed by atoms with Crippen LogP contribution in [0.2, 0.25) is 0 Å². The van der Waals surface area contributed by atoms with Crippen LogP contribution < -0.4 is 10.1 Å². The molecule has 0 bridgehead atoms. The fraction of sp³-hybridized carbons (Fsp3) is 0.286. The van der Waals surface area contributed by atoms with Gasteiger partial charge < -0.3 is 15.2 Å². The molecule has 5 heteroatoms. The summed E-state index contributed by atoms with van der Waals surface area (Å²) in [6.45, 7) is 3.62. The minimum atomic E-state index is -1.03. The highest BCUT2D eigenvalue weighted by molar-refractivity contribution is 5.86. The van der Waals surface area contributed by atoms with Crippen molar-refractivity contribution in [1.82, 2.24) is 5.32 Å². The Kier molecular flexibility index (Phi) is 5.60. The van der Waals surface area contributed by atoms with Crippen molar-refractivity contribution in [3.8, 4) is 5.75 Å². The van der Waals surface area contributed by atoms with E-state index in [-0.39, 0.29) is 18.6 Å². The number of rotatable bonds is 6. The third kappa shape index (κ3) is 5.72. The Labute approximate surface area is 111 Å². The highest BCUT2D eigenvalue weighted by atomic mass is 16.5. The van der Waals surface area contributed by atoms with Gasteiger partial charge in [-0.1, -0.05) is 18.2 Å². The van der Waals surface area contributed by atoms with Gasteiger partial charge in [0.25, 0.3) is 5.91 Å². The number of aliphatic carboxylic acids is 1. The molecule has 0 aliphatic carbocycles. The van der Waals surface area contributed by atoms with Gasteiger partial charge in [-0.25, -0.2) is 4.79 Å². The average molecular weight is 263 g/mol. The molecule has 2 N–H and O–H groups in total. The smallest absolute Gasteiger partial charge is 0.328 e. The molecule has 1 aromatic rings. The monoisotopic (exact) mass is 263 g/mol. The molecule has 0 heterocycles. The van der Waals surface area contributed by atoms with Crippen LogP contribution in [0.15, 0.2) is 30.3 Å². The molecule has 0 radical (unpaired) electrons. The average Bonchev–Trinajstić information content (AvgIpc) is 2.34. The molecule has 1 amide bonds. The van der Waals surface area contributed by atoms with Crippen LogP contribution in [0.4, 0.5) is 0 Å². The first-order chi connectivity index (χ1) is 8.99. The number of carbonyl (C=O) groups excluding carboxylic acids is 1. The van der Waals surface area contributed by atoms with Crippen LogP contribution in [0.25, 0.3) is 6.08 Å². The summed E-state index contributed by atoms with van der Waals surface area (Å²) in [6.07, 6.45) is 2.45. The fourth-order valence-corrected chi connectivity index (χ4v) is 1.42. The Morgan fingerprint density at radius 3 is 2.68 bits per heavy atom. The number of carboxylic acids is 1. The molecule has 0 aliphatic rings. The molecular weight excluding hydrogens is 246 g/mol. The quantitative estimate of drug-likeness (QED) is 0.766. The van der Waals surface area contributed by atoms with E-state index in [0.29, 0.717) is 11.3 Å². The van der Waals surface area contributed by atoms with Crippen LogP contribution in [0.3, 0.4) is 0 Å². The normalized spacial score (nSPS) is 10.7. The Balaban J connectivity index is 2.68. The summed E-state index contributed by atoms with van der Waals surface area (Å²) < 4.78 is 5.38. The van der Waals surface area contributed by atoms with Crippen LogP contribution in [-0.2, 0) is 9.59 Å². The predicted molar refractivity (Wildman–Crippen MR) is 71.9 cm³/mol. The molecule has 0 saturated carbocycles. The molecule has 0 unspecified atom stereocenters. The van der Waals surface area contributed by atoms with Crippen LogP contribution in [0, 0.1) is 0 Å². The molecule has 0 aliphatic heterocycles. The van der Waals surface area contributed by atoms with Crippen LogP contribution >= 0.6 is 0 Å². The van der Waals surface area contributed by atoms with Crippen LogP contribution in [0.5, 0.6) is 5.75 Å². The van der Waals surface area contributed by atoms with Crippen molar-refractivity contribution < 1.29 is 19.4 Å². The van der Waals surface area contributed by atoms with Crippen molar-refractivity contribution in [3.05, 3.63) is 35.9 Å². The van der Waals surface area contributed by atoms with Gasteiger partial charge in [-0.15, -0.1) is 0 Å². The maximum Gasteiger partial charge on any atom is 0.328 e. The molecule has 0 atom stereocenters. The van der Waals surface area contributed by atoms with Gasteiger partial charge in [-0.3, -0.25) is 4.79 Å². The van der Waals surface area contributed by atoms with Gasteiger partial charge in [0.15, 0.2) is 6.61 Å². The van der Waals surface area contributed by atoms with Crippen molar-refractivity contribution in [2.75, 3.05) is 6.61 Å². The summed E-state index contributed by atoms with van der Waals surface area (Å²) in [7, 11) is 0. The zero-order chi connectivity index (χ0) is 14.3. The summed E-state index contributed by atoms with van der Waals surface area (Å²) >= 11 is 0. The van der Waals surface area contributed by atoms with Gasteiger partial charge in [-0.05, 0) is 26.0 Å². The van der Waals surface area contributed by atoms with E-state index in [0.717, 1.165) is 6.08 Å². The van der Waals surface area contributed by atoms with Gasteiger partial charge >= 0.3 is 5.97 Å². The lowest BCUT2D eigenvalue weighted by molar-refractivity contribution is -0.131. The van der Waals surface area contributed by atoms with E-state index in [9.17, 15) is 9.59 Å². The molecule has 102 valence electrons. The minimum absolute atomic E-state index is 0.0539. The predicted octanol–water partition coefficient (Wildman–Crippen LogP) is 1.69. The van der Waals surface area contributed by atoms with Gasteiger partial charge in [-0.2, -0.15) is 0 Å². The van der Waals surface area contributed by atoms with Gasteiger partial charge in [0.1, 0.15) is 5.75 Å². The van der Waals surface area contributed by atoms with Gasteiger partial charge in [0.2, 0.25) is 0 Å². The molecule has 0 fully saturated rings. The largest absolute Gasteiger partial charge is 0.483 e. The molecule has 0 saturated heterocycles. The second kappa shape index (κ2) is 7.20. The van der Waals surface area contributed by atoms with E-state index in [2.05, 4.69) is 5.32 Å². The van der Waals surface area contributed by atoms with E-state index >= 15 is 0 Å². The van der Waals surface area contributed by atoms with E-state index in [1.54, 1.807) is 24.3 Å². The lowest BCUT2D eigenvalue weighted by Crippen LogP contribution is -2.34. The molecule has 0 aromatic heterocycles. The van der Waals surface area contributed by atoms with Gasteiger partial charge in [0.05, 0.1) is 0 Å². The summed E-state index contributed by atoms with van der Waals surface area (Å²) in [5.74, 6) is -0.779. The number of nitrogens with one attached hydrogen (secondary N) is 1. The van der Waals surface area contributed by atoms with Crippen molar-refractivity contribution in [3.63, 3.8) is 0 Å². The third-order valence-corrected chi connectivity index (χ3v) is 2.13. The number of carbonyl (C=O) groups is 2. The standard InChI is InChI=1S/C14H17NO4/c1-10(2)15-13(16)9-19-12-6-4-3-5-11(12)7-8-14(17)18/h3-8,10H,9H2,1-2H3,(H,15,16)(H,17,18)/b8-7+. The van der Waals surface area contributed by atoms with E-state index < -0.39 is 5.97 Å². The van der Waals surface area contributed by atoms with E-state index in [4.69, 9.17) is 9.84 Å². The number of benzene rings is 1. The Hall–Kier alpha value is -2.30. The molecule has 0 spiro atoms. The summed E-state index contributed by atoms with van der Waals surface area (Å²) in [6, 6.07) is 6.98. The van der Waals surface area contributed by atoms with Crippen LogP contribution in [-0.4, -0.2) is 29.6 Å². The minimum Gasteiger partial charge on any atom is -0.483 e. The highest BCUT2D eigenvalue weighted by Crippen LogP contribution is 2.19. The second-order valence-corrected chi connectivity index (χ2v) is 4.22. The number of ether oxygens (including phenoxy) is 1. The third-order valence-electron chi connectivity index (χ3n) is 2.13. The zero-order valence-electron chi connectivity index (χ0n) is 10.9. The highest BCUT2D eigenvalue weighted by Gasteiger charge is 2.06. The number of carboxylic acid groups (broad SMARTS) is 1. The van der Waals surface area contributed by atoms with Crippen LogP contribution in [0.1, 0.15) is 19.4 Å². The topological polar surface area (TPSA) is 75.6 Å². The Morgan fingerprint density at radius 1 is 1.37 bits per heavy atom. The number of amides is 1. The van der Waals surface area contributed by atoms with Crippen molar-refractivity contribution in [1.29, 1.82) is 0 Å². The first-order valence-electron chi connectivity index (χ1n) is 5.91. The zero-order valence-corrected chi connectivity index (χ0v) is 10.9. The molecule has 19 heavy (non-hydrogen) atoms. The lowest BCUT2D eigenvalue weighted by Gasteiger charge is -2.11. The summed E-state index contributed by atoms with van der Waals surface area (Å²) in [5.41, 5.74) is 0.613. The summed E-state index contributed by atoms with van der Waals surface area (Å²) in [5, 5.41) is 11.3. The molecule has 1 aromatic carbocycles. The maximum atomic E-state index is 11.5. The number of hydrogen-bond donors (Lipinski definition) is 2. The first kappa shape index (κ1) is 14.8. The Bertz CT molecular complexity index is 480. The number of para-hydroxylation sites is 1. The second-order valence-electron chi connectivity index (χ2n) is 4.22. The lowest BCUT2D eigenvalue weighted by atomic mass is 10.2. The Morgan fingerprint density at radius 2 is 2.05 bits per heavy atom. The first-order valence-corrected chi connectivity index (χ1v) is 5.91. The maximum absolute atomic E-state index is 11.5. The molecule has 5 nitrogen and oxygen atoms in total. The van der Waals surface area contributed by atoms with E-state index in [1.807, 2.05) is 13.8 Å². The van der Waals surface area contributed by atoms with Gasteiger partial charge in [0, 0.05) is 17.7 Å². The number of hydrogen-bond acceptors (Lipinski definition) is 3. The SMILES string of the molecule is CC(C)NC(=O)COc1ccccc1/C=C/C(=O)O. The molecular formula is C14H17NO4.